The minimum Gasteiger partial charge on any atom is -0.310 e. The largest absolute Gasteiger partial charge is 0.310 e. The quantitative estimate of drug-likeness (QED) is 0.147. The number of hydrogen-bond acceptors (Lipinski definition) is 2. The minimum atomic E-state index is -0.599. The maximum absolute atomic E-state index is 2.66. The van der Waals surface area contributed by atoms with E-state index in [4.69, 9.17) is 0 Å². The van der Waals surface area contributed by atoms with Gasteiger partial charge in [-0.3, -0.25) is 0 Å². The van der Waals surface area contributed by atoms with Crippen LogP contribution in [-0.2, 0) is 5.41 Å². The molecule has 0 aromatic heterocycles. The zero-order chi connectivity index (χ0) is 46.2. The fraction of sp³-hybridized carbons (Fsp3) is 0.0149. The molecule has 1 aliphatic carbocycles. The molecule has 0 unspecified atom stereocenters. The summed E-state index contributed by atoms with van der Waals surface area (Å²) in [7, 11) is 0. The molecule has 11 aromatic carbocycles. The summed E-state index contributed by atoms with van der Waals surface area (Å²) in [5, 5.41) is 0. The van der Waals surface area contributed by atoms with Crippen LogP contribution in [0.1, 0.15) is 22.3 Å². The third-order valence-electron chi connectivity index (χ3n) is 15.0. The normalized spacial score (nSPS) is 13.4. The Kier molecular flexibility index (Phi) is 9.54. The molecule has 14 rings (SSSR count). The molecule has 1 nitrogen and oxygen atoms in total. The zero-order valence-corrected chi connectivity index (χ0v) is 39.2. The van der Waals surface area contributed by atoms with Crippen molar-refractivity contribution < 1.29 is 0 Å². The van der Waals surface area contributed by atoms with E-state index in [0.29, 0.717) is 0 Å². The standard InChI is InChI=1S/C67H44BNS/c1-6-21-45(22-7-1)49-37-39-61-59(41-49)68-60-42-50(46-23-8-2-9-24-46)38-40-63(60)70-64-44-52(67(51-29-14-5-15-30-51)57-35-18-16-31-55(57)56-32-17-19-36-58(56)67)43-62(65(64)68)69(61)66-53(47-25-10-3-11-26-47)33-20-34-54(66)48-27-12-4-13-28-48/h1-44H. The molecule has 0 amide bonds. The van der Waals surface area contributed by atoms with Crippen molar-refractivity contribution in [3.63, 3.8) is 0 Å². The Morgan fingerprint density at radius 2 is 0.786 bits per heavy atom. The van der Waals surface area contributed by atoms with Gasteiger partial charge in [0.05, 0.1) is 11.1 Å². The third kappa shape index (κ3) is 6.21. The first kappa shape index (κ1) is 40.7. The van der Waals surface area contributed by atoms with Gasteiger partial charge in [-0.25, -0.2) is 0 Å². The Morgan fingerprint density at radius 1 is 0.314 bits per heavy atom. The lowest BCUT2D eigenvalue weighted by molar-refractivity contribution is 0.766. The fourth-order valence-electron chi connectivity index (χ4n) is 12.0. The maximum atomic E-state index is 2.66. The monoisotopic (exact) mass is 905 g/mol. The number of nitrogens with zero attached hydrogens (tertiary/aromatic N) is 1. The number of para-hydroxylation sites is 1. The molecular weight excluding hydrogens is 862 g/mol. The number of fused-ring (bicyclic) bond motifs is 7. The lowest BCUT2D eigenvalue weighted by atomic mass is 9.34. The summed E-state index contributed by atoms with van der Waals surface area (Å²) in [4.78, 5) is 5.24. The summed E-state index contributed by atoms with van der Waals surface area (Å²) in [6.07, 6.45) is 0. The van der Waals surface area contributed by atoms with Gasteiger partial charge in [0.25, 0.3) is 0 Å². The van der Waals surface area contributed by atoms with E-state index in [1.165, 1.54) is 121 Å². The molecule has 0 saturated carbocycles. The van der Waals surface area contributed by atoms with Gasteiger partial charge in [0.2, 0.25) is 6.71 Å². The summed E-state index contributed by atoms with van der Waals surface area (Å²) >= 11 is 1.93. The van der Waals surface area contributed by atoms with Crippen molar-refractivity contribution in [2.45, 2.75) is 15.2 Å². The molecule has 0 fully saturated rings. The van der Waals surface area contributed by atoms with Gasteiger partial charge in [0, 0.05) is 32.3 Å². The van der Waals surface area contributed by atoms with E-state index in [-0.39, 0.29) is 6.71 Å². The lowest BCUT2D eigenvalue weighted by Crippen LogP contribution is -2.60. The molecule has 0 spiro atoms. The highest BCUT2D eigenvalue weighted by molar-refractivity contribution is 8.00. The Bertz CT molecular complexity index is 3690. The summed E-state index contributed by atoms with van der Waals surface area (Å²) in [6, 6.07) is 99.7. The number of rotatable bonds is 7. The topological polar surface area (TPSA) is 3.24 Å². The van der Waals surface area contributed by atoms with Gasteiger partial charge in [-0.1, -0.05) is 260 Å². The van der Waals surface area contributed by atoms with Crippen LogP contribution in [0.25, 0.3) is 55.6 Å². The molecule has 11 aromatic rings. The molecule has 3 aliphatic rings. The molecule has 2 aliphatic heterocycles. The Hall–Kier alpha value is -8.37. The van der Waals surface area contributed by atoms with Crippen LogP contribution in [-0.4, -0.2) is 6.71 Å². The average molecular weight is 906 g/mol. The van der Waals surface area contributed by atoms with E-state index >= 15 is 0 Å². The molecule has 0 saturated heterocycles. The van der Waals surface area contributed by atoms with E-state index in [0.717, 1.165) is 0 Å². The van der Waals surface area contributed by atoms with Gasteiger partial charge in [-0.05, 0) is 102 Å². The first-order chi connectivity index (χ1) is 34.7. The highest BCUT2D eigenvalue weighted by Gasteiger charge is 2.49. The van der Waals surface area contributed by atoms with Gasteiger partial charge >= 0.3 is 0 Å². The smallest absolute Gasteiger partial charge is 0.249 e. The lowest BCUT2D eigenvalue weighted by Gasteiger charge is -2.43. The second kappa shape index (κ2) is 16.4. The van der Waals surface area contributed by atoms with Crippen LogP contribution in [0.15, 0.2) is 277 Å². The highest BCUT2D eigenvalue weighted by Crippen LogP contribution is 2.58. The van der Waals surface area contributed by atoms with Crippen LogP contribution >= 0.6 is 11.8 Å². The SMILES string of the molecule is c1ccc(-c2ccc3c(c2)B2c4cc(-c5ccccc5)ccc4N(c4c(-c5ccccc5)cccc4-c4ccccc4)c4cc(C5(c6ccccc6)c6ccccc6-c6ccccc65)cc(c42)S3)cc1. The van der Waals surface area contributed by atoms with E-state index < -0.39 is 5.41 Å². The molecule has 70 heavy (non-hydrogen) atoms. The predicted molar refractivity (Wildman–Crippen MR) is 295 cm³/mol. The Morgan fingerprint density at radius 3 is 1.36 bits per heavy atom. The molecule has 0 N–H and O–H groups in total. The van der Waals surface area contributed by atoms with E-state index in [1.54, 1.807) is 0 Å². The first-order valence-corrected chi connectivity index (χ1v) is 25.1. The van der Waals surface area contributed by atoms with Gasteiger partial charge < -0.3 is 4.90 Å². The zero-order valence-electron chi connectivity index (χ0n) is 38.3. The third-order valence-corrected chi connectivity index (χ3v) is 16.2. The van der Waals surface area contributed by atoms with Crippen molar-refractivity contribution >= 4 is 51.9 Å². The van der Waals surface area contributed by atoms with Crippen LogP contribution in [0.4, 0.5) is 17.1 Å². The molecule has 326 valence electrons. The second-order valence-corrected chi connectivity index (χ2v) is 19.8. The predicted octanol–water partition coefficient (Wildman–Crippen LogP) is 15.5. The van der Waals surface area contributed by atoms with Gasteiger partial charge in [-0.2, -0.15) is 0 Å². The first-order valence-electron chi connectivity index (χ1n) is 24.3. The van der Waals surface area contributed by atoms with Gasteiger partial charge in [0.1, 0.15) is 0 Å². The molecular formula is C67H44BNS. The molecule has 0 radical (unpaired) electrons. The van der Waals surface area contributed by atoms with Crippen molar-refractivity contribution in [3.05, 3.63) is 289 Å². The summed E-state index contributed by atoms with van der Waals surface area (Å²) in [5.41, 5.74) is 24.2. The molecule has 0 atom stereocenters. The van der Waals surface area contributed by atoms with Crippen molar-refractivity contribution in [2.75, 3.05) is 4.90 Å². The van der Waals surface area contributed by atoms with Crippen LogP contribution in [0.2, 0.25) is 0 Å². The highest BCUT2D eigenvalue weighted by atomic mass is 32.2. The van der Waals surface area contributed by atoms with Crippen LogP contribution in [0, 0.1) is 0 Å². The Labute approximate surface area is 414 Å². The minimum absolute atomic E-state index is 0.0474. The number of benzene rings is 11. The van der Waals surface area contributed by atoms with Crippen molar-refractivity contribution in [2.24, 2.45) is 0 Å². The van der Waals surface area contributed by atoms with Crippen molar-refractivity contribution in [3.8, 4) is 55.6 Å². The molecule has 0 bridgehead atoms. The Balaban J connectivity index is 1.14. The molecule has 3 heteroatoms. The van der Waals surface area contributed by atoms with Crippen LogP contribution in [0.5, 0.6) is 0 Å². The van der Waals surface area contributed by atoms with Crippen LogP contribution < -0.4 is 21.3 Å². The van der Waals surface area contributed by atoms with E-state index in [1.807, 2.05) is 11.8 Å². The van der Waals surface area contributed by atoms with Crippen LogP contribution in [0.3, 0.4) is 0 Å². The molecule has 2 heterocycles. The van der Waals surface area contributed by atoms with Crippen molar-refractivity contribution in [1.82, 2.24) is 0 Å². The summed E-state index contributed by atoms with van der Waals surface area (Å²) in [6.45, 7) is -0.0474. The van der Waals surface area contributed by atoms with Gasteiger partial charge in [0.15, 0.2) is 0 Å². The summed E-state index contributed by atoms with van der Waals surface area (Å²) in [5.74, 6) is 0. The summed E-state index contributed by atoms with van der Waals surface area (Å²) < 4.78 is 0. The van der Waals surface area contributed by atoms with E-state index in [2.05, 4.69) is 272 Å². The van der Waals surface area contributed by atoms with Gasteiger partial charge in [-0.15, -0.1) is 0 Å². The van der Waals surface area contributed by atoms with Crippen molar-refractivity contribution in [1.29, 1.82) is 0 Å². The average Bonchev–Trinajstić information content (AvgIpc) is 3.75. The fourth-order valence-corrected chi connectivity index (χ4v) is 13.2. The number of hydrogen-bond donors (Lipinski definition) is 0. The maximum Gasteiger partial charge on any atom is 0.249 e. The second-order valence-electron chi connectivity index (χ2n) is 18.7. The number of anilines is 3. The van der Waals surface area contributed by atoms with E-state index in [9.17, 15) is 0 Å².